The summed E-state index contributed by atoms with van der Waals surface area (Å²) in [6.07, 6.45) is -0.767. The first kappa shape index (κ1) is 10.2. The topological polar surface area (TPSA) is 89.8 Å². The molecule has 0 atom stereocenters. The van der Waals surface area contributed by atoms with Crippen molar-refractivity contribution in [2.24, 2.45) is 0 Å². The van der Waals surface area contributed by atoms with Gasteiger partial charge in [0.25, 0.3) is 0 Å². The van der Waals surface area contributed by atoms with Crippen molar-refractivity contribution in [1.29, 1.82) is 0 Å². The van der Waals surface area contributed by atoms with Crippen molar-refractivity contribution in [3.05, 3.63) is 23.8 Å². The highest BCUT2D eigenvalue weighted by Gasteiger charge is 2.05. The number of rotatable bonds is 3. The summed E-state index contributed by atoms with van der Waals surface area (Å²) in [6, 6.07) is 4.58. The Morgan fingerprint density at radius 2 is 2.07 bits per heavy atom. The molecule has 14 heavy (non-hydrogen) atoms. The van der Waals surface area contributed by atoms with Gasteiger partial charge in [-0.05, 0) is 18.1 Å². The second-order valence-corrected chi connectivity index (χ2v) is 2.77. The van der Waals surface area contributed by atoms with Gasteiger partial charge in [-0.15, -0.1) is 0 Å². The summed E-state index contributed by atoms with van der Waals surface area (Å²) in [7, 11) is 0. The largest absolute Gasteiger partial charge is 0.504 e. The Bertz CT molecular complexity index is 338. The number of amides is 1. The molecule has 4 N–H and O–H groups in total. The van der Waals surface area contributed by atoms with Crippen molar-refractivity contribution in [1.82, 2.24) is 5.32 Å². The van der Waals surface area contributed by atoms with Gasteiger partial charge in [-0.2, -0.15) is 0 Å². The van der Waals surface area contributed by atoms with E-state index in [2.05, 4.69) is 5.32 Å². The van der Waals surface area contributed by atoms with Gasteiger partial charge in [0.15, 0.2) is 11.5 Å². The van der Waals surface area contributed by atoms with Crippen molar-refractivity contribution in [3.63, 3.8) is 0 Å². The number of hydrogen-bond acceptors (Lipinski definition) is 3. The zero-order valence-electron chi connectivity index (χ0n) is 7.40. The summed E-state index contributed by atoms with van der Waals surface area (Å²) in [5, 5.41) is 28.9. The van der Waals surface area contributed by atoms with Crippen molar-refractivity contribution >= 4 is 6.09 Å². The number of hydrogen-bond donors (Lipinski definition) is 4. The third kappa shape index (κ3) is 2.55. The molecule has 0 radical (unpaired) electrons. The highest BCUT2D eigenvalue weighted by molar-refractivity contribution is 5.64. The van der Waals surface area contributed by atoms with E-state index in [1.807, 2.05) is 0 Å². The van der Waals surface area contributed by atoms with Crippen LogP contribution in [0.5, 0.6) is 11.5 Å². The maximum absolute atomic E-state index is 10.1. The van der Waals surface area contributed by atoms with Crippen LogP contribution in [0.2, 0.25) is 0 Å². The molecule has 1 rings (SSSR count). The zero-order valence-corrected chi connectivity index (χ0v) is 7.40. The lowest BCUT2D eigenvalue weighted by Gasteiger charge is -2.05. The van der Waals surface area contributed by atoms with Gasteiger partial charge in [-0.3, -0.25) is 0 Å². The SMILES string of the molecule is O=C(O)NCCc1cccc(O)c1O. The maximum atomic E-state index is 10.1. The zero-order chi connectivity index (χ0) is 10.6. The van der Waals surface area contributed by atoms with Crippen LogP contribution in [0.3, 0.4) is 0 Å². The minimum Gasteiger partial charge on any atom is -0.504 e. The van der Waals surface area contributed by atoms with Crippen LogP contribution in [0, 0.1) is 0 Å². The first-order valence-electron chi connectivity index (χ1n) is 4.08. The number of phenolic OH excluding ortho intramolecular Hbond substituents is 2. The number of aromatic hydroxyl groups is 2. The number of carboxylic acid groups (broad SMARTS) is 1. The molecule has 0 saturated carbocycles. The third-order valence-corrected chi connectivity index (χ3v) is 1.77. The number of nitrogens with one attached hydrogen (secondary N) is 1. The fraction of sp³-hybridized carbons (Fsp3) is 0.222. The van der Waals surface area contributed by atoms with Crippen LogP contribution < -0.4 is 5.32 Å². The van der Waals surface area contributed by atoms with E-state index in [0.29, 0.717) is 12.0 Å². The van der Waals surface area contributed by atoms with E-state index in [1.165, 1.54) is 6.07 Å². The van der Waals surface area contributed by atoms with E-state index >= 15 is 0 Å². The number of phenols is 2. The van der Waals surface area contributed by atoms with Crippen LogP contribution in [-0.2, 0) is 6.42 Å². The van der Waals surface area contributed by atoms with Gasteiger partial charge in [-0.25, -0.2) is 4.79 Å². The Labute approximate surface area is 80.6 Å². The summed E-state index contributed by atoms with van der Waals surface area (Å²) in [5.41, 5.74) is 0.513. The molecule has 0 spiro atoms. The molecule has 1 amide bonds. The Hall–Kier alpha value is -1.91. The molecule has 0 bridgehead atoms. The molecular formula is C9H11NO4. The van der Waals surface area contributed by atoms with Crippen LogP contribution in [0.15, 0.2) is 18.2 Å². The van der Waals surface area contributed by atoms with E-state index in [4.69, 9.17) is 10.2 Å². The van der Waals surface area contributed by atoms with E-state index in [1.54, 1.807) is 12.1 Å². The lowest BCUT2D eigenvalue weighted by Crippen LogP contribution is -2.23. The summed E-state index contributed by atoms with van der Waals surface area (Å²) in [4.78, 5) is 10.1. The molecule has 5 heteroatoms. The smallest absolute Gasteiger partial charge is 0.404 e. The van der Waals surface area contributed by atoms with Crippen LogP contribution in [0.25, 0.3) is 0 Å². The van der Waals surface area contributed by atoms with E-state index in [-0.39, 0.29) is 18.0 Å². The molecule has 0 aliphatic heterocycles. The predicted octanol–water partition coefficient (Wildman–Crippen LogP) is 0.908. The van der Waals surface area contributed by atoms with Gasteiger partial charge in [0.05, 0.1) is 0 Å². The normalized spacial score (nSPS) is 9.71. The van der Waals surface area contributed by atoms with Crippen LogP contribution in [0.4, 0.5) is 4.79 Å². The molecule has 5 nitrogen and oxygen atoms in total. The van der Waals surface area contributed by atoms with Gasteiger partial charge < -0.3 is 20.6 Å². The third-order valence-electron chi connectivity index (χ3n) is 1.77. The van der Waals surface area contributed by atoms with E-state index in [0.717, 1.165) is 0 Å². The molecule has 0 aliphatic carbocycles. The Morgan fingerprint density at radius 3 is 2.71 bits per heavy atom. The van der Waals surface area contributed by atoms with E-state index < -0.39 is 6.09 Å². The van der Waals surface area contributed by atoms with Crippen LogP contribution in [0.1, 0.15) is 5.56 Å². The summed E-state index contributed by atoms with van der Waals surface area (Å²) < 4.78 is 0. The first-order chi connectivity index (χ1) is 6.61. The minimum absolute atomic E-state index is 0.195. The van der Waals surface area contributed by atoms with Gasteiger partial charge >= 0.3 is 6.09 Å². The van der Waals surface area contributed by atoms with Crippen molar-refractivity contribution in [2.45, 2.75) is 6.42 Å². The standard InChI is InChI=1S/C9H11NO4/c11-7-3-1-2-6(8(7)12)4-5-10-9(13)14/h1-3,10-12H,4-5H2,(H,13,14). The molecule has 0 aromatic heterocycles. The van der Waals surface area contributed by atoms with Crippen molar-refractivity contribution < 1.29 is 20.1 Å². The average Bonchev–Trinajstić information content (AvgIpc) is 2.12. The monoisotopic (exact) mass is 197 g/mol. The molecule has 0 unspecified atom stereocenters. The summed E-state index contributed by atoms with van der Waals surface area (Å²) >= 11 is 0. The van der Waals surface area contributed by atoms with E-state index in [9.17, 15) is 9.90 Å². The lowest BCUT2D eigenvalue weighted by atomic mass is 10.1. The van der Waals surface area contributed by atoms with Gasteiger partial charge in [0, 0.05) is 6.54 Å². The lowest BCUT2D eigenvalue weighted by molar-refractivity contribution is 0.194. The molecule has 76 valence electrons. The number of benzene rings is 1. The highest BCUT2D eigenvalue weighted by atomic mass is 16.4. The Kier molecular flexibility index (Phi) is 3.17. The maximum Gasteiger partial charge on any atom is 0.404 e. The fourth-order valence-corrected chi connectivity index (χ4v) is 1.08. The molecular weight excluding hydrogens is 186 g/mol. The second-order valence-electron chi connectivity index (χ2n) is 2.77. The molecule has 0 fully saturated rings. The van der Waals surface area contributed by atoms with Crippen molar-refractivity contribution in [3.8, 4) is 11.5 Å². The molecule has 0 saturated heterocycles. The predicted molar refractivity (Wildman–Crippen MR) is 49.5 cm³/mol. The van der Waals surface area contributed by atoms with Crippen LogP contribution >= 0.6 is 0 Å². The van der Waals surface area contributed by atoms with Gasteiger partial charge in [0.1, 0.15) is 0 Å². The van der Waals surface area contributed by atoms with Gasteiger partial charge in [-0.1, -0.05) is 12.1 Å². The molecule has 0 heterocycles. The Balaban J connectivity index is 2.59. The number of carbonyl (C=O) groups is 1. The minimum atomic E-state index is -1.11. The fourth-order valence-electron chi connectivity index (χ4n) is 1.08. The summed E-state index contributed by atoms with van der Waals surface area (Å²) in [5.74, 6) is -0.391. The first-order valence-corrected chi connectivity index (χ1v) is 4.08. The molecule has 1 aromatic rings. The molecule has 0 aliphatic rings. The number of para-hydroxylation sites is 1. The summed E-state index contributed by atoms with van der Waals surface area (Å²) in [6.45, 7) is 0.201. The Morgan fingerprint density at radius 1 is 1.36 bits per heavy atom. The van der Waals surface area contributed by atoms with Crippen molar-refractivity contribution in [2.75, 3.05) is 6.54 Å². The second kappa shape index (κ2) is 4.36. The highest BCUT2D eigenvalue weighted by Crippen LogP contribution is 2.28. The van der Waals surface area contributed by atoms with Crippen LogP contribution in [-0.4, -0.2) is 28.0 Å². The average molecular weight is 197 g/mol. The van der Waals surface area contributed by atoms with Gasteiger partial charge in [0.2, 0.25) is 0 Å². The quantitative estimate of drug-likeness (QED) is 0.542. The molecule has 1 aromatic carbocycles.